The Labute approximate surface area is 163 Å². The molecule has 7 heteroatoms. The Hall–Kier alpha value is -2.90. The smallest absolute Gasteiger partial charge is 0.244 e. The van der Waals surface area contributed by atoms with E-state index in [1.54, 1.807) is 12.1 Å². The average Bonchev–Trinajstić information content (AvgIpc) is 3.07. The number of benzene rings is 2. The Balaban J connectivity index is 2.08. The van der Waals surface area contributed by atoms with E-state index in [2.05, 4.69) is 20.8 Å². The number of methoxy groups -OCH3 is 1. The molecule has 0 fully saturated rings. The molecule has 0 aliphatic carbocycles. The maximum absolute atomic E-state index is 12.5. The minimum absolute atomic E-state index is 0.109. The highest BCUT2D eigenvalue weighted by Crippen LogP contribution is 2.38. The van der Waals surface area contributed by atoms with Crippen molar-refractivity contribution in [2.75, 3.05) is 14.2 Å². The molecule has 28 heavy (non-hydrogen) atoms. The number of ether oxygens (including phenoxy) is 1. The third-order valence-corrected chi connectivity index (χ3v) is 6.42. The van der Waals surface area contributed by atoms with E-state index in [1.807, 2.05) is 38.2 Å². The monoisotopic (exact) mass is 395 g/mol. The van der Waals surface area contributed by atoms with Crippen molar-refractivity contribution in [1.82, 2.24) is 14.7 Å². The van der Waals surface area contributed by atoms with Crippen LogP contribution in [0, 0.1) is 13.8 Å². The molecule has 0 saturated heterocycles. The summed E-state index contributed by atoms with van der Waals surface area (Å²) in [5.41, 5.74) is 5.71. The van der Waals surface area contributed by atoms with Crippen LogP contribution in [0.2, 0.25) is 0 Å². The quantitative estimate of drug-likeness (QED) is 0.549. The summed E-state index contributed by atoms with van der Waals surface area (Å²) in [6.45, 7) is 4.05. The van der Waals surface area contributed by atoms with E-state index >= 15 is 0 Å². The second-order valence-electron chi connectivity index (χ2n) is 6.79. The first-order chi connectivity index (χ1) is 13.4. The summed E-state index contributed by atoms with van der Waals surface area (Å²) in [4.78, 5) is 8.01. The van der Waals surface area contributed by atoms with Gasteiger partial charge in [0.15, 0.2) is 0 Å². The lowest BCUT2D eigenvalue weighted by Gasteiger charge is -2.12. The molecule has 6 nitrogen and oxygen atoms in total. The molecule has 4 rings (SSSR count). The van der Waals surface area contributed by atoms with Crippen LogP contribution in [-0.4, -0.2) is 32.5 Å². The highest BCUT2D eigenvalue weighted by atomic mass is 32.2. The van der Waals surface area contributed by atoms with E-state index < -0.39 is 10.0 Å². The van der Waals surface area contributed by atoms with Crippen molar-refractivity contribution < 1.29 is 13.2 Å². The molecule has 2 heterocycles. The normalized spacial score (nSPS) is 12.0. The van der Waals surface area contributed by atoms with Crippen molar-refractivity contribution in [1.29, 1.82) is 0 Å². The fourth-order valence-corrected chi connectivity index (χ4v) is 4.45. The maximum atomic E-state index is 12.5. The third kappa shape index (κ3) is 2.83. The Kier molecular flexibility index (Phi) is 4.36. The van der Waals surface area contributed by atoms with Gasteiger partial charge >= 0.3 is 0 Å². The SMILES string of the molecule is CNS(=O)(=O)c1cc(-c2ccc(C)c3[nH]c4ncc(C)cc4c23)ccc1OC. The molecule has 0 radical (unpaired) electrons. The molecule has 0 unspecified atom stereocenters. The summed E-state index contributed by atoms with van der Waals surface area (Å²) in [5, 5.41) is 2.05. The maximum Gasteiger partial charge on any atom is 0.244 e. The van der Waals surface area contributed by atoms with Gasteiger partial charge in [0.2, 0.25) is 10.0 Å². The molecule has 0 bridgehead atoms. The van der Waals surface area contributed by atoms with Gasteiger partial charge in [0.05, 0.1) is 12.6 Å². The van der Waals surface area contributed by atoms with E-state index in [9.17, 15) is 8.42 Å². The largest absolute Gasteiger partial charge is 0.495 e. The molecule has 2 N–H and O–H groups in total. The van der Waals surface area contributed by atoms with E-state index in [1.165, 1.54) is 14.2 Å². The molecular weight excluding hydrogens is 374 g/mol. The summed E-state index contributed by atoms with van der Waals surface area (Å²) in [6.07, 6.45) is 1.83. The lowest BCUT2D eigenvalue weighted by molar-refractivity contribution is 0.402. The van der Waals surface area contributed by atoms with Crippen molar-refractivity contribution in [2.24, 2.45) is 0 Å². The molecule has 0 atom stereocenters. The molecule has 0 aliphatic rings. The van der Waals surface area contributed by atoms with Crippen LogP contribution in [0.15, 0.2) is 47.5 Å². The topological polar surface area (TPSA) is 84.1 Å². The molecule has 2 aromatic heterocycles. The van der Waals surface area contributed by atoms with Gasteiger partial charge in [-0.1, -0.05) is 18.2 Å². The van der Waals surface area contributed by atoms with Crippen LogP contribution in [0.25, 0.3) is 33.1 Å². The molecule has 0 aliphatic heterocycles. The van der Waals surface area contributed by atoms with Crippen LogP contribution < -0.4 is 9.46 Å². The zero-order chi connectivity index (χ0) is 20.1. The fraction of sp³-hybridized carbons (Fsp3) is 0.190. The number of H-pyrrole nitrogens is 1. The van der Waals surface area contributed by atoms with Crippen LogP contribution in [0.5, 0.6) is 5.75 Å². The predicted molar refractivity (Wildman–Crippen MR) is 111 cm³/mol. The minimum atomic E-state index is -3.66. The second-order valence-corrected chi connectivity index (χ2v) is 8.64. The summed E-state index contributed by atoms with van der Waals surface area (Å²) in [5.74, 6) is 0.304. The summed E-state index contributed by atoms with van der Waals surface area (Å²) in [7, 11) is -0.815. The number of pyridine rings is 1. The molecular formula is C21H21N3O3S. The number of aromatic nitrogens is 2. The van der Waals surface area contributed by atoms with Gasteiger partial charge in [-0.15, -0.1) is 0 Å². The minimum Gasteiger partial charge on any atom is -0.495 e. The van der Waals surface area contributed by atoms with Gasteiger partial charge in [-0.05, 0) is 61.3 Å². The van der Waals surface area contributed by atoms with E-state index in [0.717, 1.165) is 44.2 Å². The first-order valence-corrected chi connectivity index (χ1v) is 10.3. The van der Waals surface area contributed by atoms with Gasteiger partial charge in [-0.25, -0.2) is 18.1 Å². The predicted octanol–water partition coefficient (Wildman–Crippen LogP) is 3.92. The van der Waals surface area contributed by atoms with Crippen molar-refractivity contribution in [3.05, 3.63) is 53.7 Å². The molecule has 144 valence electrons. The van der Waals surface area contributed by atoms with Gasteiger partial charge in [-0.3, -0.25) is 0 Å². The number of sulfonamides is 1. The Morgan fingerprint density at radius 2 is 1.89 bits per heavy atom. The lowest BCUT2D eigenvalue weighted by Crippen LogP contribution is -2.19. The number of hydrogen-bond acceptors (Lipinski definition) is 4. The summed E-state index contributed by atoms with van der Waals surface area (Å²) in [6, 6.07) is 11.3. The number of nitrogens with zero attached hydrogens (tertiary/aromatic N) is 1. The van der Waals surface area contributed by atoms with Crippen molar-refractivity contribution >= 4 is 32.0 Å². The van der Waals surface area contributed by atoms with Crippen LogP contribution >= 0.6 is 0 Å². The Morgan fingerprint density at radius 1 is 1.11 bits per heavy atom. The lowest BCUT2D eigenvalue weighted by atomic mass is 9.97. The van der Waals surface area contributed by atoms with Crippen LogP contribution in [0.3, 0.4) is 0 Å². The van der Waals surface area contributed by atoms with Crippen LogP contribution in [-0.2, 0) is 10.0 Å². The zero-order valence-electron chi connectivity index (χ0n) is 16.1. The molecule has 0 amide bonds. The van der Waals surface area contributed by atoms with E-state index in [0.29, 0.717) is 5.75 Å². The average molecular weight is 395 g/mol. The van der Waals surface area contributed by atoms with Gasteiger partial charge in [0.1, 0.15) is 16.3 Å². The summed E-state index contributed by atoms with van der Waals surface area (Å²) >= 11 is 0. The third-order valence-electron chi connectivity index (χ3n) is 4.98. The molecule has 2 aromatic carbocycles. The molecule has 0 saturated carbocycles. The van der Waals surface area contributed by atoms with Crippen molar-refractivity contribution in [2.45, 2.75) is 18.7 Å². The number of nitrogens with one attached hydrogen (secondary N) is 2. The number of aryl methyl sites for hydroxylation is 2. The van der Waals surface area contributed by atoms with E-state index in [4.69, 9.17) is 4.74 Å². The van der Waals surface area contributed by atoms with Gasteiger partial charge in [0.25, 0.3) is 0 Å². The molecule has 4 aromatic rings. The number of rotatable bonds is 4. The first kappa shape index (κ1) is 18.5. The number of fused-ring (bicyclic) bond motifs is 3. The zero-order valence-corrected chi connectivity index (χ0v) is 16.9. The van der Waals surface area contributed by atoms with Crippen LogP contribution in [0.4, 0.5) is 0 Å². The van der Waals surface area contributed by atoms with Gasteiger partial charge < -0.3 is 9.72 Å². The number of aromatic amines is 1. The second kappa shape index (κ2) is 6.61. The van der Waals surface area contributed by atoms with Gasteiger partial charge in [-0.2, -0.15) is 0 Å². The molecule has 0 spiro atoms. The van der Waals surface area contributed by atoms with Crippen molar-refractivity contribution in [3.63, 3.8) is 0 Å². The fourth-order valence-electron chi connectivity index (χ4n) is 3.53. The van der Waals surface area contributed by atoms with E-state index in [-0.39, 0.29) is 4.90 Å². The number of hydrogen-bond donors (Lipinski definition) is 2. The standard InChI is InChI=1S/C21H21N3O3S/c1-12-9-16-19-15(7-5-13(2)20(19)24-21(16)23-11-12)14-6-8-17(27-4)18(10-14)28(25,26)22-3/h5-11,22H,1-4H3,(H,23,24). The Morgan fingerprint density at radius 3 is 2.61 bits per heavy atom. The highest BCUT2D eigenvalue weighted by Gasteiger charge is 2.20. The summed E-state index contributed by atoms with van der Waals surface area (Å²) < 4.78 is 32.6. The first-order valence-electron chi connectivity index (χ1n) is 8.85. The van der Waals surface area contributed by atoms with Gasteiger partial charge in [0, 0.05) is 17.0 Å². The van der Waals surface area contributed by atoms with Crippen LogP contribution in [0.1, 0.15) is 11.1 Å². The highest BCUT2D eigenvalue weighted by molar-refractivity contribution is 7.89. The Bertz CT molecular complexity index is 1320. The van der Waals surface area contributed by atoms with Crippen molar-refractivity contribution in [3.8, 4) is 16.9 Å².